The van der Waals surface area contributed by atoms with Crippen LogP contribution in [0.25, 0.3) is 11.5 Å². The lowest BCUT2D eigenvalue weighted by Crippen LogP contribution is -2.12. The van der Waals surface area contributed by atoms with Crippen molar-refractivity contribution in [3.63, 3.8) is 0 Å². The van der Waals surface area contributed by atoms with Crippen LogP contribution in [0.2, 0.25) is 0 Å². The Morgan fingerprint density at radius 2 is 1.89 bits per heavy atom. The fourth-order valence-corrected chi connectivity index (χ4v) is 4.57. The number of rotatable bonds is 7. The maximum absolute atomic E-state index is 5.82. The van der Waals surface area contributed by atoms with Gasteiger partial charge in [0.05, 0.1) is 5.75 Å². The van der Waals surface area contributed by atoms with Gasteiger partial charge >= 0.3 is 0 Å². The van der Waals surface area contributed by atoms with E-state index >= 15 is 0 Å². The minimum atomic E-state index is 0.503. The van der Waals surface area contributed by atoms with Crippen molar-refractivity contribution in [2.75, 3.05) is 0 Å². The molecule has 1 fully saturated rings. The van der Waals surface area contributed by atoms with Crippen molar-refractivity contribution in [1.82, 2.24) is 25.0 Å². The molecule has 8 heteroatoms. The van der Waals surface area contributed by atoms with Crippen LogP contribution in [0, 0.1) is 0 Å². The molecule has 1 saturated carbocycles. The van der Waals surface area contributed by atoms with E-state index in [0.717, 1.165) is 27.6 Å². The zero-order chi connectivity index (χ0) is 19.3. The molecular formula is C20H22BrN5OS. The molecule has 146 valence electrons. The molecule has 28 heavy (non-hydrogen) atoms. The zero-order valence-electron chi connectivity index (χ0n) is 15.6. The molecule has 0 unspecified atom stereocenters. The van der Waals surface area contributed by atoms with Gasteiger partial charge in [-0.3, -0.25) is 0 Å². The standard InChI is InChI=1S/C20H22BrN5OS/c1-2-12-26-18(14-6-4-3-5-7-14)23-25-20(26)28-13-17-22-24-19(27-17)15-8-10-16(21)11-9-15/h2,8-11,14H,1,3-7,12-13H2. The summed E-state index contributed by atoms with van der Waals surface area (Å²) in [6, 6.07) is 7.81. The first kappa shape index (κ1) is 19.4. The van der Waals surface area contributed by atoms with E-state index in [1.54, 1.807) is 11.8 Å². The highest BCUT2D eigenvalue weighted by molar-refractivity contribution is 9.10. The summed E-state index contributed by atoms with van der Waals surface area (Å²) in [5, 5.41) is 18.2. The summed E-state index contributed by atoms with van der Waals surface area (Å²) in [6.07, 6.45) is 8.16. The van der Waals surface area contributed by atoms with Crippen molar-refractivity contribution in [2.45, 2.75) is 55.5 Å². The second kappa shape index (κ2) is 9.05. The number of thioether (sulfide) groups is 1. The average molecular weight is 460 g/mol. The Morgan fingerprint density at radius 1 is 1.11 bits per heavy atom. The van der Waals surface area contributed by atoms with E-state index in [1.807, 2.05) is 30.3 Å². The molecule has 2 aromatic heterocycles. The molecular weight excluding hydrogens is 438 g/mol. The second-order valence-corrected chi connectivity index (χ2v) is 8.73. The number of hydrogen-bond acceptors (Lipinski definition) is 6. The Bertz CT molecular complexity index is 930. The van der Waals surface area contributed by atoms with Crippen LogP contribution in [0.3, 0.4) is 0 Å². The van der Waals surface area contributed by atoms with Crippen LogP contribution < -0.4 is 0 Å². The number of nitrogens with zero attached hydrogens (tertiary/aromatic N) is 5. The quantitative estimate of drug-likeness (QED) is 0.337. The van der Waals surface area contributed by atoms with E-state index in [4.69, 9.17) is 4.42 Å². The van der Waals surface area contributed by atoms with Crippen LogP contribution in [0.15, 0.2) is 51.0 Å². The molecule has 1 aliphatic carbocycles. The van der Waals surface area contributed by atoms with Gasteiger partial charge in [-0.25, -0.2) is 0 Å². The molecule has 0 N–H and O–H groups in total. The molecule has 4 rings (SSSR count). The fourth-order valence-electron chi connectivity index (χ4n) is 3.52. The molecule has 3 aromatic rings. The summed E-state index contributed by atoms with van der Waals surface area (Å²) in [4.78, 5) is 0. The normalized spacial score (nSPS) is 15.0. The van der Waals surface area contributed by atoms with Gasteiger partial charge in [0.1, 0.15) is 5.82 Å². The highest BCUT2D eigenvalue weighted by Gasteiger charge is 2.23. The summed E-state index contributed by atoms with van der Waals surface area (Å²) in [5.74, 6) is 3.25. The molecule has 2 heterocycles. The van der Waals surface area contributed by atoms with Gasteiger partial charge in [-0.05, 0) is 37.1 Å². The monoisotopic (exact) mass is 459 g/mol. The summed E-state index contributed by atoms with van der Waals surface area (Å²) < 4.78 is 9.01. The average Bonchev–Trinajstić information content (AvgIpc) is 3.35. The Kier molecular flexibility index (Phi) is 6.26. The lowest BCUT2D eigenvalue weighted by molar-refractivity contribution is 0.415. The highest BCUT2D eigenvalue weighted by atomic mass is 79.9. The molecule has 1 aromatic carbocycles. The fraction of sp³-hybridized carbons (Fsp3) is 0.400. The van der Waals surface area contributed by atoms with Crippen molar-refractivity contribution in [2.24, 2.45) is 0 Å². The van der Waals surface area contributed by atoms with Crippen molar-refractivity contribution in [1.29, 1.82) is 0 Å². The Hall–Kier alpha value is -1.93. The first-order valence-electron chi connectivity index (χ1n) is 9.49. The number of halogens is 1. The van der Waals surface area contributed by atoms with Crippen molar-refractivity contribution >= 4 is 27.7 Å². The van der Waals surface area contributed by atoms with Gasteiger partial charge in [-0.1, -0.05) is 53.0 Å². The van der Waals surface area contributed by atoms with Crippen LogP contribution in [-0.2, 0) is 12.3 Å². The first-order chi connectivity index (χ1) is 13.7. The van der Waals surface area contributed by atoms with Crippen LogP contribution in [-0.4, -0.2) is 25.0 Å². The minimum Gasteiger partial charge on any atom is -0.420 e. The molecule has 0 saturated heterocycles. The summed E-state index contributed by atoms with van der Waals surface area (Å²) in [5.41, 5.74) is 0.904. The molecule has 0 bridgehead atoms. The molecule has 1 aliphatic rings. The third kappa shape index (κ3) is 4.38. The van der Waals surface area contributed by atoms with Gasteiger partial charge in [0.2, 0.25) is 11.8 Å². The number of allylic oxidation sites excluding steroid dienone is 1. The van der Waals surface area contributed by atoms with Crippen LogP contribution in [0.4, 0.5) is 0 Å². The highest BCUT2D eigenvalue weighted by Crippen LogP contribution is 2.34. The van der Waals surface area contributed by atoms with Gasteiger partial charge in [0.25, 0.3) is 0 Å². The van der Waals surface area contributed by atoms with Crippen LogP contribution in [0.1, 0.15) is 49.7 Å². The van der Waals surface area contributed by atoms with Gasteiger partial charge in [0, 0.05) is 22.5 Å². The number of benzene rings is 1. The van der Waals surface area contributed by atoms with E-state index in [9.17, 15) is 0 Å². The maximum Gasteiger partial charge on any atom is 0.247 e. The minimum absolute atomic E-state index is 0.503. The number of aromatic nitrogens is 5. The Balaban J connectivity index is 1.46. The van der Waals surface area contributed by atoms with Crippen LogP contribution in [0.5, 0.6) is 0 Å². The van der Waals surface area contributed by atoms with Crippen molar-refractivity contribution in [3.8, 4) is 11.5 Å². The number of hydrogen-bond donors (Lipinski definition) is 0. The summed E-state index contributed by atoms with van der Waals surface area (Å²) >= 11 is 5.01. The predicted molar refractivity (Wildman–Crippen MR) is 113 cm³/mol. The second-order valence-electron chi connectivity index (χ2n) is 6.87. The predicted octanol–water partition coefficient (Wildman–Crippen LogP) is 5.62. The van der Waals surface area contributed by atoms with Gasteiger partial charge in [0.15, 0.2) is 5.16 Å². The topological polar surface area (TPSA) is 69.6 Å². The van der Waals surface area contributed by atoms with E-state index in [-0.39, 0.29) is 0 Å². The van der Waals surface area contributed by atoms with E-state index < -0.39 is 0 Å². The van der Waals surface area contributed by atoms with E-state index in [2.05, 4.69) is 47.5 Å². The third-order valence-corrected chi connectivity index (χ3v) is 6.39. The SMILES string of the molecule is C=CCn1c(SCc2nnc(-c3ccc(Br)cc3)o2)nnc1C1CCCCC1. The lowest BCUT2D eigenvalue weighted by atomic mass is 9.89. The van der Waals surface area contributed by atoms with Crippen LogP contribution >= 0.6 is 27.7 Å². The van der Waals surface area contributed by atoms with E-state index in [0.29, 0.717) is 23.5 Å². The van der Waals surface area contributed by atoms with Gasteiger partial charge < -0.3 is 8.98 Å². The Morgan fingerprint density at radius 3 is 2.64 bits per heavy atom. The molecule has 0 amide bonds. The van der Waals surface area contributed by atoms with Gasteiger partial charge in [-0.15, -0.1) is 27.0 Å². The first-order valence-corrected chi connectivity index (χ1v) is 11.3. The van der Waals surface area contributed by atoms with Crippen molar-refractivity contribution in [3.05, 3.63) is 53.1 Å². The largest absolute Gasteiger partial charge is 0.420 e. The summed E-state index contributed by atoms with van der Waals surface area (Å²) in [6.45, 7) is 4.61. The molecule has 6 nitrogen and oxygen atoms in total. The van der Waals surface area contributed by atoms with E-state index in [1.165, 1.54) is 32.1 Å². The molecule has 0 spiro atoms. The zero-order valence-corrected chi connectivity index (χ0v) is 18.0. The van der Waals surface area contributed by atoms with Gasteiger partial charge in [-0.2, -0.15) is 0 Å². The lowest BCUT2D eigenvalue weighted by Gasteiger charge is -2.21. The van der Waals surface area contributed by atoms with Crippen molar-refractivity contribution < 1.29 is 4.42 Å². The molecule has 0 aliphatic heterocycles. The smallest absolute Gasteiger partial charge is 0.247 e. The summed E-state index contributed by atoms with van der Waals surface area (Å²) in [7, 11) is 0. The Labute approximate surface area is 177 Å². The third-order valence-electron chi connectivity index (χ3n) is 4.91. The molecule has 0 atom stereocenters. The maximum atomic E-state index is 5.82. The molecule has 0 radical (unpaired) electrons.